The van der Waals surface area contributed by atoms with Crippen LogP contribution in [0.2, 0.25) is 10.0 Å². The summed E-state index contributed by atoms with van der Waals surface area (Å²) in [5.41, 5.74) is 2.69. The van der Waals surface area contributed by atoms with Crippen molar-refractivity contribution in [2.24, 2.45) is 5.10 Å². The lowest BCUT2D eigenvalue weighted by molar-refractivity contribution is -0.130. The van der Waals surface area contributed by atoms with Crippen LogP contribution in [0.1, 0.15) is 47.8 Å². The summed E-state index contributed by atoms with van der Waals surface area (Å²) in [7, 11) is 0. The van der Waals surface area contributed by atoms with E-state index in [1.54, 1.807) is 49.4 Å². The van der Waals surface area contributed by atoms with Gasteiger partial charge in [-0.2, -0.15) is 5.10 Å². The normalized spacial score (nSPS) is 14.9. The van der Waals surface area contributed by atoms with Gasteiger partial charge < -0.3 is 4.74 Å². The summed E-state index contributed by atoms with van der Waals surface area (Å²) < 4.78 is 4.98. The van der Waals surface area contributed by atoms with Crippen LogP contribution >= 0.6 is 23.2 Å². The third kappa shape index (κ3) is 4.31. The van der Waals surface area contributed by atoms with Gasteiger partial charge in [0.25, 0.3) is 0 Å². The minimum atomic E-state index is -0.368. The van der Waals surface area contributed by atoms with Crippen molar-refractivity contribution < 1.29 is 14.3 Å². The van der Waals surface area contributed by atoms with Crippen molar-refractivity contribution in [2.75, 3.05) is 6.61 Å². The van der Waals surface area contributed by atoms with E-state index in [9.17, 15) is 9.59 Å². The molecule has 0 fully saturated rings. The summed E-state index contributed by atoms with van der Waals surface area (Å²) in [6, 6.07) is 11.8. The SMILES string of the molecule is CCOC(=O)c1ccc([C@H](C)N2N=C(c3cc(Cl)cc(Cl)c3)CC2=O)cc1. The van der Waals surface area contributed by atoms with Crippen molar-refractivity contribution >= 4 is 40.8 Å². The molecular formula is C20H18Cl2N2O3. The molecule has 1 aliphatic rings. The third-order valence-corrected chi connectivity index (χ3v) is 4.71. The minimum absolute atomic E-state index is 0.108. The molecule has 0 saturated heterocycles. The van der Waals surface area contributed by atoms with E-state index >= 15 is 0 Å². The number of amides is 1. The molecule has 7 heteroatoms. The van der Waals surface area contributed by atoms with Crippen LogP contribution in [0, 0.1) is 0 Å². The molecule has 0 unspecified atom stereocenters. The second-order valence-corrected chi connectivity index (χ2v) is 7.01. The zero-order valence-electron chi connectivity index (χ0n) is 14.9. The lowest BCUT2D eigenvalue weighted by atomic mass is 10.1. The minimum Gasteiger partial charge on any atom is -0.462 e. The molecular weight excluding hydrogens is 387 g/mol. The fourth-order valence-corrected chi connectivity index (χ4v) is 3.41. The number of benzene rings is 2. The second-order valence-electron chi connectivity index (χ2n) is 6.14. The number of nitrogens with zero attached hydrogens (tertiary/aromatic N) is 2. The Morgan fingerprint density at radius 2 is 1.81 bits per heavy atom. The Labute approximate surface area is 167 Å². The van der Waals surface area contributed by atoms with Gasteiger partial charge in [0, 0.05) is 15.6 Å². The van der Waals surface area contributed by atoms with Gasteiger partial charge in [-0.3, -0.25) is 4.79 Å². The molecule has 1 amide bonds. The van der Waals surface area contributed by atoms with Gasteiger partial charge in [-0.25, -0.2) is 9.80 Å². The van der Waals surface area contributed by atoms with Gasteiger partial charge in [0.1, 0.15) is 0 Å². The van der Waals surface area contributed by atoms with E-state index in [1.807, 2.05) is 6.92 Å². The number of ether oxygens (including phenoxy) is 1. The maximum atomic E-state index is 12.5. The lowest BCUT2D eigenvalue weighted by Gasteiger charge is -2.21. The first-order valence-electron chi connectivity index (χ1n) is 8.52. The number of hydrogen-bond donors (Lipinski definition) is 0. The topological polar surface area (TPSA) is 59.0 Å². The van der Waals surface area contributed by atoms with E-state index in [4.69, 9.17) is 27.9 Å². The number of hydrogen-bond acceptors (Lipinski definition) is 4. The van der Waals surface area contributed by atoms with Crippen LogP contribution in [0.15, 0.2) is 47.6 Å². The zero-order chi connectivity index (χ0) is 19.6. The maximum absolute atomic E-state index is 12.5. The summed E-state index contributed by atoms with van der Waals surface area (Å²) in [5, 5.41) is 6.91. The van der Waals surface area contributed by atoms with Gasteiger partial charge in [0.2, 0.25) is 5.91 Å². The van der Waals surface area contributed by atoms with Crippen molar-refractivity contribution in [1.82, 2.24) is 5.01 Å². The second kappa shape index (κ2) is 8.11. The van der Waals surface area contributed by atoms with E-state index in [0.717, 1.165) is 11.1 Å². The molecule has 1 heterocycles. The van der Waals surface area contributed by atoms with Crippen LogP contribution < -0.4 is 0 Å². The number of rotatable bonds is 5. The van der Waals surface area contributed by atoms with Gasteiger partial charge in [0.05, 0.1) is 30.3 Å². The van der Waals surface area contributed by atoms with Crippen molar-refractivity contribution in [3.05, 3.63) is 69.2 Å². The number of hydrazone groups is 1. The molecule has 2 aromatic rings. The average molecular weight is 405 g/mol. The smallest absolute Gasteiger partial charge is 0.338 e. The van der Waals surface area contributed by atoms with Crippen molar-refractivity contribution in [3.63, 3.8) is 0 Å². The van der Waals surface area contributed by atoms with Crippen LogP contribution in [0.4, 0.5) is 0 Å². The Kier molecular flexibility index (Phi) is 5.82. The van der Waals surface area contributed by atoms with Crippen molar-refractivity contribution in [2.45, 2.75) is 26.3 Å². The van der Waals surface area contributed by atoms with E-state index in [0.29, 0.717) is 27.9 Å². The van der Waals surface area contributed by atoms with Gasteiger partial charge in [-0.05, 0) is 49.7 Å². The fourth-order valence-electron chi connectivity index (χ4n) is 2.88. The van der Waals surface area contributed by atoms with E-state index in [2.05, 4.69) is 5.10 Å². The highest BCUT2D eigenvalue weighted by Crippen LogP contribution is 2.28. The molecule has 0 aliphatic carbocycles. The highest BCUT2D eigenvalue weighted by molar-refractivity contribution is 6.35. The number of halogens is 2. The van der Waals surface area contributed by atoms with Crippen LogP contribution in [-0.4, -0.2) is 29.2 Å². The van der Waals surface area contributed by atoms with Crippen LogP contribution in [0.3, 0.4) is 0 Å². The van der Waals surface area contributed by atoms with E-state index in [-0.39, 0.29) is 24.3 Å². The summed E-state index contributed by atoms with van der Waals surface area (Å²) in [5.74, 6) is -0.477. The summed E-state index contributed by atoms with van der Waals surface area (Å²) >= 11 is 12.1. The van der Waals surface area contributed by atoms with Gasteiger partial charge in [-0.15, -0.1) is 0 Å². The highest BCUT2D eigenvalue weighted by Gasteiger charge is 2.29. The molecule has 0 N–H and O–H groups in total. The highest BCUT2D eigenvalue weighted by atomic mass is 35.5. The summed E-state index contributed by atoms with van der Waals surface area (Å²) in [6.07, 6.45) is 0.182. The maximum Gasteiger partial charge on any atom is 0.338 e. The average Bonchev–Trinajstić information content (AvgIpc) is 3.02. The Balaban J connectivity index is 1.82. The molecule has 0 saturated carbocycles. The molecule has 27 heavy (non-hydrogen) atoms. The molecule has 2 aromatic carbocycles. The molecule has 0 spiro atoms. The van der Waals surface area contributed by atoms with Gasteiger partial charge in [-0.1, -0.05) is 35.3 Å². The van der Waals surface area contributed by atoms with Crippen molar-refractivity contribution in [3.8, 4) is 0 Å². The Hall–Kier alpha value is -2.37. The van der Waals surface area contributed by atoms with Crippen LogP contribution in [-0.2, 0) is 9.53 Å². The van der Waals surface area contributed by atoms with Crippen molar-refractivity contribution in [1.29, 1.82) is 0 Å². The van der Waals surface area contributed by atoms with Gasteiger partial charge >= 0.3 is 5.97 Å². The van der Waals surface area contributed by atoms with E-state index in [1.165, 1.54) is 5.01 Å². The number of carbonyl (C=O) groups is 2. The zero-order valence-corrected chi connectivity index (χ0v) is 16.4. The summed E-state index contributed by atoms with van der Waals surface area (Å²) in [4.78, 5) is 24.2. The molecule has 0 aromatic heterocycles. The Morgan fingerprint density at radius 1 is 1.19 bits per heavy atom. The first kappa shape index (κ1) is 19.4. The number of esters is 1. The van der Waals surface area contributed by atoms with E-state index < -0.39 is 0 Å². The molecule has 0 radical (unpaired) electrons. The first-order valence-corrected chi connectivity index (χ1v) is 9.27. The summed E-state index contributed by atoms with van der Waals surface area (Å²) in [6.45, 7) is 3.97. The molecule has 0 bridgehead atoms. The molecule has 140 valence electrons. The molecule has 5 nitrogen and oxygen atoms in total. The Bertz CT molecular complexity index is 890. The predicted molar refractivity (Wildman–Crippen MR) is 105 cm³/mol. The van der Waals surface area contributed by atoms with Gasteiger partial charge in [0.15, 0.2) is 0 Å². The largest absolute Gasteiger partial charge is 0.462 e. The first-order chi connectivity index (χ1) is 12.9. The molecule has 1 aliphatic heterocycles. The fraction of sp³-hybridized carbons (Fsp3) is 0.250. The molecule has 1 atom stereocenters. The predicted octanol–water partition coefficient (Wildman–Crippen LogP) is 4.87. The quantitative estimate of drug-likeness (QED) is 0.667. The number of carbonyl (C=O) groups excluding carboxylic acids is 2. The third-order valence-electron chi connectivity index (χ3n) is 4.27. The molecule has 3 rings (SSSR count). The lowest BCUT2D eigenvalue weighted by Crippen LogP contribution is -2.24. The Morgan fingerprint density at radius 3 is 2.41 bits per heavy atom. The standard InChI is InChI=1S/C20H18Cl2N2O3/c1-3-27-20(26)14-6-4-13(5-7-14)12(2)24-19(25)11-18(23-24)15-8-16(21)10-17(22)9-15/h4-10,12H,3,11H2,1-2H3/t12-/m0/s1. The van der Waals surface area contributed by atoms with Crippen LogP contribution in [0.25, 0.3) is 0 Å². The monoisotopic (exact) mass is 404 g/mol. The van der Waals surface area contributed by atoms with Crippen LogP contribution in [0.5, 0.6) is 0 Å².